The summed E-state index contributed by atoms with van der Waals surface area (Å²) in [6.45, 7) is 9.47. The fourth-order valence-corrected chi connectivity index (χ4v) is 0. The summed E-state index contributed by atoms with van der Waals surface area (Å²) < 4.78 is 0. The molecule has 0 saturated heterocycles. The summed E-state index contributed by atoms with van der Waals surface area (Å²) in [4.78, 5) is 28.8. The Balaban J connectivity index is -0.0000000865. The van der Waals surface area contributed by atoms with Crippen LogP contribution in [0.2, 0.25) is 0 Å². The van der Waals surface area contributed by atoms with Gasteiger partial charge in [0.05, 0.1) is 0 Å². The SMILES string of the molecule is CC(C)C(=O)[O-].CC(C)C(=O)[O-].CC(C)C(=O)[O-].[Os]. The third-order valence-corrected chi connectivity index (χ3v) is 1.41. The van der Waals surface area contributed by atoms with Gasteiger partial charge < -0.3 is 29.7 Å². The Morgan fingerprint density at radius 1 is 0.579 bits per heavy atom. The minimum Gasteiger partial charge on any atom is -0.550 e. The number of carboxylic acid groups (broad SMARTS) is 3. The Bertz CT molecular complexity index is 218. The van der Waals surface area contributed by atoms with Gasteiger partial charge in [-0.1, -0.05) is 41.5 Å². The summed E-state index contributed by atoms with van der Waals surface area (Å²) in [7, 11) is 0. The molecule has 0 amide bonds. The van der Waals surface area contributed by atoms with Gasteiger partial charge in [0.1, 0.15) is 0 Å². The Morgan fingerprint density at radius 3 is 0.632 bits per heavy atom. The number of carbonyl (C=O) groups is 3. The van der Waals surface area contributed by atoms with Gasteiger partial charge in [-0.05, 0) is 17.8 Å². The predicted molar refractivity (Wildman–Crippen MR) is 59.5 cm³/mol. The summed E-state index contributed by atoms with van der Waals surface area (Å²) in [5.41, 5.74) is 0. The van der Waals surface area contributed by atoms with Gasteiger partial charge in [-0.2, -0.15) is 0 Å². The summed E-state index contributed by atoms with van der Waals surface area (Å²) in [5, 5.41) is 28.8. The molecule has 0 saturated carbocycles. The van der Waals surface area contributed by atoms with Gasteiger partial charge in [-0.3, -0.25) is 0 Å². The van der Waals surface area contributed by atoms with E-state index in [9.17, 15) is 29.7 Å². The zero-order valence-electron chi connectivity index (χ0n) is 12.0. The predicted octanol–water partition coefficient (Wildman–Crippen LogP) is -1.83. The van der Waals surface area contributed by atoms with Crippen LogP contribution in [0.3, 0.4) is 0 Å². The van der Waals surface area contributed by atoms with Crippen LogP contribution in [0.5, 0.6) is 0 Å². The molecule has 0 fully saturated rings. The van der Waals surface area contributed by atoms with Gasteiger partial charge in [0.2, 0.25) is 0 Å². The first-order valence-corrected chi connectivity index (χ1v) is 5.55. The van der Waals surface area contributed by atoms with Crippen LogP contribution in [0.1, 0.15) is 41.5 Å². The molecule has 0 radical (unpaired) electrons. The van der Waals surface area contributed by atoms with Crippen molar-refractivity contribution in [3.05, 3.63) is 0 Å². The monoisotopic (exact) mass is 453 g/mol. The van der Waals surface area contributed by atoms with E-state index in [1.165, 1.54) is 0 Å². The van der Waals surface area contributed by atoms with E-state index in [2.05, 4.69) is 0 Å². The maximum atomic E-state index is 9.59. The molecule has 6 nitrogen and oxygen atoms in total. The van der Waals surface area contributed by atoms with Gasteiger partial charge in [0.25, 0.3) is 0 Å². The van der Waals surface area contributed by atoms with E-state index >= 15 is 0 Å². The van der Waals surface area contributed by atoms with Crippen molar-refractivity contribution in [2.45, 2.75) is 41.5 Å². The van der Waals surface area contributed by atoms with Crippen molar-refractivity contribution in [2.24, 2.45) is 17.8 Å². The number of hydrogen-bond acceptors (Lipinski definition) is 6. The van der Waals surface area contributed by atoms with Crippen LogP contribution < -0.4 is 15.3 Å². The van der Waals surface area contributed by atoms with Crippen LogP contribution in [0.25, 0.3) is 0 Å². The molecule has 0 aromatic carbocycles. The Labute approximate surface area is 127 Å². The molecule has 0 rings (SSSR count). The van der Waals surface area contributed by atoms with E-state index in [0.29, 0.717) is 0 Å². The molecular weight excluding hydrogens is 430 g/mol. The quantitative estimate of drug-likeness (QED) is 0.498. The first-order chi connectivity index (χ1) is 7.93. The van der Waals surface area contributed by atoms with E-state index in [1.54, 1.807) is 41.5 Å². The topological polar surface area (TPSA) is 120 Å². The molecule has 0 bridgehead atoms. The van der Waals surface area contributed by atoms with Gasteiger partial charge >= 0.3 is 0 Å². The number of carbonyl (C=O) groups excluding carboxylic acids is 3. The summed E-state index contributed by atoms with van der Waals surface area (Å²) in [5.74, 6) is -4.00. The van der Waals surface area contributed by atoms with E-state index in [-0.39, 0.29) is 37.5 Å². The largest absolute Gasteiger partial charge is 0.550 e. The molecule has 0 heterocycles. The second-order valence-corrected chi connectivity index (χ2v) is 4.42. The average Bonchev–Trinajstić information content (AvgIpc) is 2.18. The van der Waals surface area contributed by atoms with Crippen LogP contribution in [0.4, 0.5) is 0 Å². The van der Waals surface area contributed by atoms with Crippen molar-refractivity contribution in [1.82, 2.24) is 0 Å². The van der Waals surface area contributed by atoms with Gasteiger partial charge in [-0.15, -0.1) is 0 Å². The molecule has 0 atom stereocenters. The van der Waals surface area contributed by atoms with Crippen molar-refractivity contribution >= 4 is 17.9 Å². The standard InChI is InChI=1S/3C4H8O2.Os/c3*1-3(2)4(5)6;/h3*3H,1-2H3,(H,5,6);/p-3. The second-order valence-electron chi connectivity index (χ2n) is 4.42. The minimum atomic E-state index is -0.991. The molecule has 19 heavy (non-hydrogen) atoms. The summed E-state index contributed by atoms with van der Waals surface area (Å²) in [6, 6.07) is 0. The number of aliphatic carboxylic acids is 3. The van der Waals surface area contributed by atoms with Crippen LogP contribution >= 0.6 is 0 Å². The van der Waals surface area contributed by atoms with Gasteiger partial charge in [0, 0.05) is 37.7 Å². The number of rotatable bonds is 3. The first-order valence-electron chi connectivity index (χ1n) is 5.55. The molecule has 116 valence electrons. The number of carboxylic acids is 3. The summed E-state index contributed by atoms with van der Waals surface area (Å²) in [6.07, 6.45) is 0. The summed E-state index contributed by atoms with van der Waals surface area (Å²) >= 11 is 0. The van der Waals surface area contributed by atoms with E-state index in [1.807, 2.05) is 0 Å². The smallest absolute Gasteiger partial charge is 0.0439 e. The molecule has 0 aliphatic carbocycles. The molecule has 0 unspecified atom stereocenters. The number of hydrogen-bond donors (Lipinski definition) is 0. The minimum absolute atomic E-state index is 0. The fourth-order valence-electron chi connectivity index (χ4n) is 0. The Hall–Kier alpha value is -0.954. The molecule has 0 aromatic heterocycles. The van der Waals surface area contributed by atoms with Crippen LogP contribution in [-0.2, 0) is 34.2 Å². The van der Waals surface area contributed by atoms with Gasteiger partial charge in [0.15, 0.2) is 0 Å². The van der Waals surface area contributed by atoms with E-state index in [4.69, 9.17) is 0 Å². The van der Waals surface area contributed by atoms with Crippen molar-refractivity contribution in [2.75, 3.05) is 0 Å². The molecule has 0 N–H and O–H groups in total. The molecule has 0 aliphatic rings. The van der Waals surface area contributed by atoms with Crippen molar-refractivity contribution in [1.29, 1.82) is 0 Å². The van der Waals surface area contributed by atoms with Crippen molar-refractivity contribution in [3.63, 3.8) is 0 Å². The van der Waals surface area contributed by atoms with Crippen LogP contribution in [0.15, 0.2) is 0 Å². The van der Waals surface area contributed by atoms with E-state index < -0.39 is 17.9 Å². The maximum Gasteiger partial charge on any atom is 0.0439 e. The molecule has 0 aliphatic heterocycles. The Morgan fingerprint density at radius 2 is 0.632 bits per heavy atom. The van der Waals surface area contributed by atoms with E-state index in [0.717, 1.165) is 0 Å². The van der Waals surface area contributed by atoms with Crippen LogP contribution in [0, 0.1) is 17.8 Å². The average molecular weight is 452 g/mol. The second kappa shape index (κ2) is 15.1. The van der Waals surface area contributed by atoms with Crippen molar-refractivity contribution in [3.8, 4) is 0 Å². The zero-order chi connectivity index (χ0) is 15.5. The fraction of sp³-hybridized carbons (Fsp3) is 0.750. The van der Waals surface area contributed by atoms with Gasteiger partial charge in [-0.25, -0.2) is 0 Å². The Kier molecular flexibility index (Phi) is 21.1. The van der Waals surface area contributed by atoms with Crippen molar-refractivity contribution < 1.29 is 49.5 Å². The molecule has 7 heteroatoms. The molecule has 0 spiro atoms. The third-order valence-electron chi connectivity index (χ3n) is 1.41. The maximum absolute atomic E-state index is 9.59. The third kappa shape index (κ3) is 31.6. The first kappa shape index (κ1) is 26.6. The molecule has 0 aromatic rings. The van der Waals surface area contributed by atoms with Crippen LogP contribution in [-0.4, -0.2) is 17.9 Å². The molecular formula is C12H21O6Os-3. The normalized spacial score (nSPS) is 8.68. The zero-order valence-corrected chi connectivity index (χ0v) is 14.6.